The van der Waals surface area contributed by atoms with E-state index in [0.717, 1.165) is 55.7 Å². The first-order chi connectivity index (χ1) is 10.4. The number of ether oxygens (including phenoxy) is 1. The van der Waals surface area contributed by atoms with Crippen molar-refractivity contribution in [2.75, 3.05) is 61.2 Å². The van der Waals surface area contributed by atoms with Crippen molar-refractivity contribution >= 4 is 23.5 Å². The lowest BCUT2D eigenvalue weighted by Crippen LogP contribution is -2.33. The monoisotopic (exact) mass is 310 g/mol. The van der Waals surface area contributed by atoms with Gasteiger partial charge in [-0.25, -0.2) is 4.98 Å². The van der Waals surface area contributed by atoms with Crippen LogP contribution in [0.15, 0.2) is 6.07 Å². The summed E-state index contributed by atoms with van der Waals surface area (Å²) in [6, 6.07) is 2.11. The van der Waals surface area contributed by atoms with Crippen LogP contribution < -0.4 is 10.2 Å². The van der Waals surface area contributed by atoms with Gasteiger partial charge in [0.25, 0.3) is 0 Å². The molecule has 0 amide bonds. The summed E-state index contributed by atoms with van der Waals surface area (Å²) in [5.41, 5.74) is 1.05. The maximum Gasteiger partial charge on any atom is 0.224 e. The van der Waals surface area contributed by atoms with Crippen molar-refractivity contribution in [3.8, 4) is 0 Å². The number of hydrogen-bond acceptors (Lipinski definition) is 7. The summed E-state index contributed by atoms with van der Waals surface area (Å²) < 4.78 is 5.48. The molecule has 1 aromatic heterocycles. The Kier molecular flexibility index (Phi) is 5.16. The third-order valence-corrected chi connectivity index (χ3v) is 4.75. The minimum atomic E-state index is 0.0792. The fourth-order valence-electron chi connectivity index (χ4n) is 2.63. The van der Waals surface area contributed by atoms with Crippen molar-refractivity contribution in [2.24, 2.45) is 0 Å². The maximum atomic E-state index is 8.98. The zero-order chi connectivity index (χ0) is 14.5. The van der Waals surface area contributed by atoms with Gasteiger partial charge in [0.2, 0.25) is 5.95 Å². The van der Waals surface area contributed by atoms with E-state index in [-0.39, 0.29) is 6.61 Å². The van der Waals surface area contributed by atoms with Gasteiger partial charge in [0, 0.05) is 49.7 Å². The van der Waals surface area contributed by atoms with Gasteiger partial charge in [0.15, 0.2) is 0 Å². The van der Waals surface area contributed by atoms with Crippen molar-refractivity contribution in [1.29, 1.82) is 0 Å². The second kappa shape index (κ2) is 7.29. The largest absolute Gasteiger partial charge is 0.395 e. The predicted octanol–water partition coefficient (Wildman–Crippen LogP) is 0.938. The van der Waals surface area contributed by atoms with Gasteiger partial charge in [-0.05, 0) is 6.42 Å². The summed E-state index contributed by atoms with van der Waals surface area (Å²) in [6.07, 6.45) is 1.02. The average Bonchev–Trinajstić information content (AvgIpc) is 3.08. The summed E-state index contributed by atoms with van der Waals surface area (Å²) in [7, 11) is 0. The number of thioether (sulfide) groups is 1. The summed E-state index contributed by atoms with van der Waals surface area (Å²) in [5.74, 6) is 4.26. The number of nitrogens with zero attached hydrogens (tertiary/aromatic N) is 3. The van der Waals surface area contributed by atoms with Crippen molar-refractivity contribution < 1.29 is 9.84 Å². The van der Waals surface area contributed by atoms with Crippen LogP contribution in [0.4, 0.5) is 11.8 Å². The van der Waals surface area contributed by atoms with Crippen molar-refractivity contribution in [2.45, 2.75) is 12.3 Å². The number of nitrogens with one attached hydrogen (secondary N) is 1. The number of hydrogen-bond donors (Lipinski definition) is 2. The highest BCUT2D eigenvalue weighted by Crippen LogP contribution is 2.28. The number of anilines is 2. The second-order valence-corrected chi connectivity index (χ2v) is 6.51. The molecule has 0 spiro atoms. The molecule has 2 aliphatic rings. The number of aliphatic hydroxyl groups excluding tert-OH is 1. The molecule has 0 bridgehead atoms. The van der Waals surface area contributed by atoms with Gasteiger partial charge in [0.1, 0.15) is 5.82 Å². The molecule has 3 heterocycles. The van der Waals surface area contributed by atoms with Crippen LogP contribution in [0.1, 0.15) is 18.0 Å². The number of aromatic nitrogens is 2. The van der Waals surface area contributed by atoms with Crippen LogP contribution >= 0.6 is 11.8 Å². The standard InChI is InChI=1S/C14H22N4O2S/c19-5-2-15-14-16-12(11-1-6-20-10-11)9-13(17-14)18-3-7-21-8-4-18/h9,11,19H,1-8,10H2,(H,15,16,17)/t11-/m0/s1. The van der Waals surface area contributed by atoms with Crippen LogP contribution in [0.25, 0.3) is 0 Å². The van der Waals surface area contributed by atoms with E-state index in [1.165, 1.54) is 0 Å². The minimum absolute atomic E-state index is 0.0792. The van der Waals surface area contributed by atoms with Crippen LogP contribution in [-0.4, -0.2) is 66.0 Å². The summed E-state index contributed by atoms with van der Waals surface area (Å²) in [5, 5.41) is 12.1. The van der Waals surface area contributed by atoms with Gasteiger partial charge in [-0.15, -0.1) is 0 Å². The molecule has 21 heavy (non-hydrogen) atoms. The molecule has 0 aromatic carbocycles. The van der Waals surface area contributed by atoms with E-state index in [2.05, 4.69) is 26.3 Å². The van der Waals surface area contributed by atoms with E-state index in [1.807, 2.05) is 11.8 Å². The Morgan fingerprint density at radius 1 is 1.38 bits per heavy atom. The average molecular weight is 310 g/mol. The van der Waals surface area contributed by atoms with Crippen LogP contribution in [0, 0.1) is 0 Å². The van der Waals surface area contributed by atoms with Crippen LogP contribution in [-0.2, 0) is 4.74 Å². The Labute approximate surface area is 129 Å². The Morgan fingerprint density at radius 3 is 2.95 bits per heavy atom. The third kappa shape index (κ3) is 3.78. The zero-order valence-corrected chi connectivity index (χ0v) is 12.9. The molecule has 1 aromatic rings. The molecule has 2 N–H and O–H groups in total. The molecule has 7 heteroatoms. The van der Waals surface area contributed by atoms with Gasteiger partial charge in [-0.2, -0.15) is 16.7 Å². The first-order valence-corrected chi connectivity index (χ1v) is 8.66. The molecule has 6 nitrogen and oxygen atoms in total. The molecule has 0 unspecified atom stereocenters. The first-order valence-electron chi connectivity index (χ1n) is 7.51. The van der Waals surface area contributed by atoms with E-state index in [1.54, 1.807) is 0 Å². The van der Waals surface area contributed by atoms with Crippen LogP contribution in [0.2, 0.25) is 0 Å². The van der Waals surface area contributed by atoms with Gasteiger partial charge < -0.3 is 20.1 Å². The fraction of sp³-hybridized carbons (Fsp3) is 0.714. The van der Waals surface area contributed by atoms with Crippen LogP contribution in [0.3, 0.4) is 0 Å². The van der Waals surface area contributed by atoms with Crippen molar-refractivity contribution in [1.82, 2.24) is 9.97 Å². The Morgan fingerprint density at radius 2 is 2.24 bits per heavy atom. The number of aliphatic hydroxyl groups is 1. The maximum absolute atomic E-state index is 8.98. The summed E-state index contributed by atoms with van der Waals surface area (Å²) in [6.45, 7) is 4.16. The molecule has 0 saturated carbocycles. The molecule has 2 saturated heterocycles. The lowest BCUT2D eigenvalue weighted by Gasteiger charge is -2.28. The summed E-state index contributed by atoms with van der Waals surface area (Å²) in [4.78, 5) is 11.5. The SMILES string of the molecule is OCCNc1nc([C@H]2CCOC2)cc(N2CCSCC2)n1. The molecule has 3 rings (SSSR count). The highest BCUT2D eigenvalue weighted by atomic mass is 32.2. The molecule has 2 fully saturated rings. The lowest BCUT2D eigenvalue weighted by atomic mass is 10.0. The Balaban J connectivity index is 1.84. The lowest BCUT2D eigenvalue weighted by molar-refractivity contribution is 0.193. The van der Waals surface area contributed by atoms with Crippen molar-refractivity contribution in [3.63, 3.8) is 0 Å². The topological polar surface area (TPSA) is 70.5 Å². The smallest absolute Gasteiger partial charge is 0.224 e. The second-order valence-electron chi connectivity index (χ2n) is 5.28. The molecule has 2 aliphatic heterocycles. The highest BCUT2D eigenvalue weighted by molar-refractivity contribution is 7.99. The highest BCUT2D eigenvalue weighted by Gasteiger charge is 2.22. The third-order valence-electron chi connectivity index (χ3n) is 3.81. The molecule has 116 valence electrons. The predicted molar refractivity (Wildman–Crippen MR) is 85.3 cm³/mol. The first kappa shape index (κ1) is 14.9. The fourth-order valence-corrected chi connectivity index (χ4v) is 3.53. The summed E-state index contributed by atoms with van der Waals surface area (Å²) >= 11 is 1.99. The van der Waals surface area contributed by atoms with Gasteiger partial charge >= 0.3 is 0 Å². The van der Waals surface area contributed by atoms with Gasteiger partial charge in [-0.1, -0.05) is 0 Å². The van der Waals surface area contributed by atoms with Crippen molar-refractivity contribution in [3.05, 3.63) is 11.8 Å². The molecule has 0 aliphatic carbocycles. The van der Waals surface area contributed by atoms with Crippen LogP contribution in [0.5, 0.6) is 0 Å². The zero-order valence-electron chi connectivity index (χ0n) is 12.1. The van der Waals surface area contributed by atoms with E-state index >= 15 is 0 Å². The van der Waals surface area contributed by atoms with Gasteiger partial charge in [-0.3, -0.25) is 0 Å². The van der Waals surface area contributed by atoms with E-state index in [9.17, 15) is 0 Å². The van der Waals surface area contributed by atoms with E-state index < -0.39 is 0 Å². The molecule has 0 radical (unpaired) electrons. The van der Waals surface area contributed by atoms with E-state index in [4.69, 9.17) is 9.84 Å². The number of rotatable bonds is 5. The minimum Gasteiger partial charge on any atom is -0.395 e. The van der Waals surface area contributed by atoms with E-state index in [0.29, 0.717) is 18.4 Å². The Hall–Kier alpha value is -1.05. The normalized spacial score (nSPS) is 22.5. The molecule has 1 atom stereocenters. The van der Waals surface area contributed by atoms with Gasteiger partial charge in [0.05, 0.1) is 18.9 Å². The Bertz CT molecular complexity index is 462. The molecular formula is C14H22N4O2S. The molecular weight excluding hydrogens is 288 g/mol. The quantitative estimate of drug-likeness (QED) is 0.838.